The van der Waals surface area contributed by atoms with Crippen LogP contribution in [0.25, 0.3) is 0 Å². The number of halogens is 3. The van der Waals surface area contributed by atoms with Gasteiger partial charge in [-0.2, -0.15) is 0 Å². The van der Waals surface area contributed by atoms with E-state index in [1.165, 1.54) is 46.7 Å². The van der Waals surface area contributed by atoms with Gasteiger partial charge in [0.1, 0.15) is 24.2 Å². The van der Waals surface area contributed by atoms with Crippen LogP contribution in [0.5, 0.6) is 0 Å². The molecule has 49 heteroatoms. The Bertz CT molecular complexity index is 3630. The molecule has 3 aromatic rings. The fraction of sp³-hybridized carbons (Fsp3) is 0.675. The molecule has 0 aliphatic heterocycles. The number of nitrogens with one attached hydrogen (secondary N) is 6. The topological polar surface area (TPSA) is 568 Å². The zero-order valence-corrected chi connectivity index (χ0v) is 84.6. The number of benzene rings is 3. The van der Waals surface area contributed by atoms with Crippen LogP contribution in [0.2, 0.25) is 0 Å². The van der Waals surface area contributed by atoms with Crippen LogP contribution in [0, 0.1) is 17.8 Å². The molecule has 0 saturated heterocycles. The smallest absolute Gasteiger partial charge is 0.325 e. The van der Waals surface area contributed by atoms with E-state index >= 15 is 0 Å². The Morgan fingerprint density at radius 2 is 0.667 bits per heavy atom. The lowest BCUT2D eigenvalue weighted by atomic mass is 10.2. The van der Waals surface area contributed by atoms with Crippen molar-refractivity contribution in [2.45, 2.75) is 193 Å². The largest absolute Gasteiger partial charge is 0.466 e. The number of unbranched alkanes of at least 4 members (excludes halogenated alkanes) is 4. The molecule has 12 unspecified atom stereocenters. The third kappa shape index (κ3) is 97.5. The highest BCUT2D eigenvalue weighted by Crippen LogP contribution is 2.52. The Kier molecular flexibility index (Phi) is 85.6. The van der Waals surface area contributed by atoms with E-state index in [0.29, 0.717) is 52.5 Å². The van der Waals surface area contributed by atoms with Crippen LogP contribution < -0.4 is 36.3 Å². The number of hydrogen-bond donors (Lipinski definition) is 13. The quantitative estimate of drug-likeness (QED) is 0.0108. The van der Waals surface area contributed by atoms with Gasteiger partial charge < -0.3 is 82.2 Å². The van der Waals surface area contributed by atoms with E-state index in [-0.39, 0.29) is 90.7 Å². The van der Waals surface area contributed by atoms with E-state index in [9.17, 15) is 80.3 Å². The fourth-order valence-electron chi connectivity index (χ4n) is 7.54. The molecule has 0 amide bonds. The highest BCUT2D eigenvalue weighted by molar-refractivity contribution is 8.08. The number of esters is 7. The molecule has 0 spiro atoms. The maximum Gasteiger partial charge on any atom is 0.325 e. The van der Waals surface area contributed by atoms with Crippen molar-refractivity contribution in [3.05, 3.63) is 108 Å². The molecule has 0 heterocycles. The number of hydrogen-bond acceptors (Lipinski definition) is 28. The molecule has 126 heavy (non-hydrogen) atoms. The van der Waals surface area contributed by atoms with Crippen molar-refractivity contribution in [3.8, 4) is 0 Å². The molecule has 0 fully saturated rings. The molecule has 3 aromatic carbocycles. The molecule has 0 saturated carbocycles. The number of carbonyl (C=O) groups excluding carboxylic acids is 7. The molecule has 0 bridgehead atoms. The van der Waals surface area contributed by atoms with E-state index in [0.717, 1.165) is 61.9 Å². The van der Waals surface area contributed by atoms with Crippen molar-refractivity contribution in [1.29, 1.82) is 0 Å². The first-order valence-corrected chi connectivity index (χ1v) is 59.1. The van der Waals surface area contributed by atoms with E-state index < -0.39 is 125 Å². The second-order valence-electron chi connectivity index (χ2n) is 27.5. The van der Waals surface area contributed by atoms with Crippen LogP contribution in [0.15, 0.2) is 91.0 Å². The van der Waals surface area contributed by atoms with Gasteiger partial charge in [0.25, 0.3) is 21.8 Å². The van der Waals surface area contributed by atoms with Crippen LogP contribution in [0.4, 0.5) is 0 Å². The summed E-state index contributed by atoms with van der Waals surface area (Å²) in [6.45, 7) is 31.1. The Hall–Kier alpha value is -3.98. The Balaban J connectivity index is -0.000000214. The van der Waals surface area contributed by atoms with Gasteiger partial charge >= 0.3 is 57.0 Å². The van der Waals surface area contributed by atoms with Crippen LogP contribution >= 0.6 is 91.4 Å². The van der Waals surface area contributed by atoms with Gasteiger partial charge in [-0.05, 0) is 111 Å². The number of aliphatic hydroxyl groups is 2. The predicted octanol–water partition coefficient (Wildman–Crippen LogP) is 15.0. The Morgan fingerprint density at radius 1 is 0.389 bits per heavy atom. The highest BCUT2D eigenvalue weighted by atomic mass is 35.9. The normalized spacial score (nSPS) is 15.2. The lowest BCUT2D eigenvalue weighted by Crippen LogP contribution is -2.46. The van der Waals surface area contributed by atoms with E-state index in [1.807, 2.05) is 119 Å². The predicted molar refractivity (Wildman–Crippen MR) is 501 cm³/mol. The molecular weight excluding hydrogens is 1870 g/mol. The molecule has 14 N–H and O–H groups in total. The molecule has 0 aliphatic carbocycles. The molecule has 12 atom stereocenters. The van der Waals surface area contributed by atoms with Crippen LogP contribution in [0.3, 0.4) is 0 Å². The summed E-state index contributed by atoms with van der Waals surface area (Å²) in [5.41, 5.74) is 8.07. The monoisotopic (exact) mass is 2020 g/mol. The van der Waals surface area contributed by atoms with Gasteiger partial charge in [-0.15, -0.1) is 0 Å². The van der Waals surface area contributed by atoms with Gasteiger partial charge in [-0.25, -0.2) is 25.4 Å². The van der Waals surface area contributed by atoms with E-state index in [1.54, 1.807) is 55.4 Å². The third-order valence-corrected chi connectivity index (χ3v) is 20.9. The van der Waals surface area contributed by atoms with Crippen molar-refractivity contribution in [1.82, 2.24) is 30.5 Å². The average Bonchev–Trinajstić information content (AvgIpc) is 0.860. The van der Waals surface area contributed by atoms with E-state index in [2.05, 4.69) is 30.5 Å². The van der Waals surface area contributed by atoms with Crippen molar-refractivity contribution in [3.63, 3.8) is 0 Å². The number of rotatable bonds is 48. The maximum atomic E-state index is 12.6. The van der Waals surface area contributed by atoms with Crippen molar-refractivity contribution in [2.75, 3.05) is 132 Å². The standard InChI is InChI=1S/C15H31N2O7P.C14H29N2O5P.C14H22NO4P.C8H10ClO2P.C8H11O3P.C7H16NO4P.C7H15NO2.CH3Cl2OP.CH5O3P.2CH4/c1-4-6-8-23-14(20)12(10-18)16-25(3,22)17-13(11-19)15(21)24-9-7-5-2;1-6-8-9-21-14(18)12(4)16-22(5,19)15-10-11(3)13(17)20-7-2;1-4-18-14(16)12(2)10-15-20(3,17)19-11-13-8-6-5-7-9-13;2*1-12(9,10)11-7-8-5-3-2-4-6-8;1-4-12-7(9)6(2)5-8-13(3,10)11;1-3-4-5-10-7(9)6(2)8;2*1-5(2,3)4;;/h12-13,18-19H,4-11H2,1-3H3,(H2,16,17,22);11-12H,6-10H2,1-5H3,(H2,15,16,19);5-9,12H,4,10-11H2,1-3H3,(H,15,17);2-6H,7H2,1H3;2-6H,7H2,1H3,(H,9,10);6H,4-5H2,1-3H3,(H2,8,10,11);6H,3-5,8H2,1-2H3;1H3;1H3,(H2,2,3,4);2*1H4. The number of nitrogens with two attached hydrogens (primary N) is 1. The zero-order chi connectivity index (χ0) is 97.0. The van der Waals surface area contributed by atoms with Crippen molar-refractivity contribution in [2.24, 2.45) is 23.5 Å². The van der Waals surface area contributed by atoms with Gasteiger partial charge in [-0.1, -0.05) is 180 Å². The van der Waals surface area contributed by atoms with Gasteiger partial charge in [0.2, 0.25) is 20.7 Å². The summed E-state index contributed by atoms with van der Waals surface area (Å²) in [6.07, 6.45) is 6.74. The summed E-state index contributed by atoms with van der Waals surface area (Å²) < 4.78 is 138. The number of ether oxygens (including phenoxy) is 7. The Labute approximate surface area is 762 Å². The SMILES string of the molecule is C.C.CCCCOC(=O)C(C)N.CCCCOC(=O)C(C)NP(C)(=O)NCC(C)C(=O)OCC.CCCCOC(=O)C(CO)NP(C)(=O)NC(CO)C(=O)OCCCC.CCOC(=O)C(C)CNP(C)(=O)O.CCOC(=O)C(C)CNP(C)(=O)OCc1ccccc1.CP(=O)(Cl)Cl.CP(=O)(Cl)OCc1ccccc1.CP(=O)(O)O.CP(=O)(O)OCc1ccccc1. The van der Waals surface area contributed by atoms with Gasteiger partial charge in [0, 0.05) is 73.0 Å². The highest BCUT2D eigenvalue weighted by Gasteiger charge is 2.32. The first-order valence-electron chi connectivity index (χ1n) is 39.6. The first kappa shape index (κ1) is 137. The molecular formula is C77H150Cl3N7O31P8. The Morgan fingerprint density at radius 3 is 0.937 bits per heavy atom. The fourth-order valence-corrected chi connectivity index (χ4v) is 13.4. The average molecular weight is 2020 g/mol. The minimum absolute atomic E-state index is 0. The molecule has 38 nitrogen and oxygen atoms in total. The summed E-state index contributed by atoms with van der Waals surface area (Å²) >= 11 is 15.1. The third-order valence-electron chi connectivity index (χ3n) is 14.0. The maximum absolute atomic E-state index is 12.6. The molecule has 0 aromatic heterocycles. The summed E-state index contributed by atoms with van der Waals surface area (Å²) in [7, 11) is -19.5. The minimum atomic E-state index is -3.64. The molecule has 0 radical (unpaired) electrons. The second kappa shape index (κ2) is 78.5. The molecule has 740 valence electrons. The number of aliphatic hydroxyl groups excluding tert-OH is 2. The second-order valence-corrected chi connectivity index (χ2v) is 49.5. The summed E-state index contributed by atoms with van der Waals surface area (Å²) in [4.78, 5) is 113. The lowest BCUT2D eigenvalue weighted by molar-refractivity contribution is -0.148. The first-order chi connectivity index (χ1) is 57.2. The summed E-state index contributed by atoms with van der Waals surface area (Å²) in [5.74, 6) is -7.08. The minimum Gasteiger partial charge on any atom is -0.466 e. The van der Waals surface area contributed by atoms with Gasteiger partial charge in [0.15, 0.2) is 0 Å². The van der Waals surface area contributed by atoms with Gasteiger partial charge in [-0.3, -0.25) is 75.2 Å². The zero-order valence-electron chi connectivity index (χ0n) is 75.1. The van der Waals surface area contributed by atoms with Crippen molar-refractivity contribution < 1.29 is 147 Å². The van der Waals surface area contributed by atoms with Crippen LogP contribution in [-0.2, 0) is 137 Å². The molecule has 3 rings (SSSR count). The van der Waals surface area contributed by atoms with Crippen LogP contribution in [0.1, 0.15) is 166 Å². The summed E-state index contributed by atoms with van der Waals surface area (Å²) in [5, 5.41) is 34.2. The molecule has 0 aliphatic rings. The summed E-state index contributed by atoms with van der Waals surface area (Å²) in [6, 6.07) is 24.7. The van der Waals surface area contributed by atoms with Crippen molar-refractivity contribution >= 4 is 133 Å². The lowest BCUT2D eigenvalue weighted by Gasteiger charge is -2.25. The number of carbonyl (C=O) groups is 7. The van der Waals surface area contributed by atoms with E-state index in [4.69, 9.17) is 106 Å². The van der Waals surface area contributed by atoms with Gasteiger partial charge in [0.05, 0.1) is 97.0 Å². The van der Waals surface area contributed by atoms with Crippen LogP contribution in [-0.4, -0.2) is 228 Å².